The molecule has 2 unspecified atom stereocenters. The molecule has 1 aliphatic heterocycles. The van der Waals surface area contributed by atoms with E-state index in [0.29, 0.717) is 19.7 Å². The number of nitrogens with zero attached hydrogens (tertiary/aromatic N) is 3. The van der Waals surface area contributed by atoms with Crippen LogP contribution >= 0.6 is 0 Å². The van der Waals surface area contributed by atoms with E-state index in [2.05, 4.69) is 29.1 Å². The van der Waals surface area contributed by atoms with Crippen molar-refractivity contribution in [2.75, 3.05) is 13.2 Å². The van der Waals surface area contributed by atoms with Crippen molar-refractivity contribution in [3.05, 3.63) is 53.3 Å². The van der Waals surface area contributed by atoms with Gasteiger partial charge in [0.25, 0.3) is 5.91 Å². The molecule has 2 aromatic rings. The van der Waals surface area contributed by atoms with Gasteiger partial charge in [0.15, 0.2) is 0 Å². The molecule has 1 amide bonds. The van der Waals surface area contributed by atoms with Crippen LogP contribution in [0.2, 0.25) is 0 Å². The molecule has 4 rings (SSSR count). The molecule has 1 saturated carbocycles. The smallest absolute Gasteiger partial charge is 0.257 e. The van der Waals surface area contributed by atoms with Crippen LogP contribution in [0.3, 0.4) is 0 Å². The number of benzene rings is 1. The Kier molecular flexibility index (Phi) is 5.07. The SMILES string of the molecule is CCc1c(C(=O)N2CCOC3CCCCC32)cnn1Cc1ccccc1. The zero-order valence-electron chi connectivity index (χ0n) is 15.4. The zero-order valence-corrected chi connectivity index (χ0v) is 15.4. The molecule has 1 aromatic heterocycles. The highest BCUT2D eigenvalue weighted by molar-refractivity contribution is 5.95. The van der Waals surface area contributed by atoms with Crippen molar-refractivity contribution >= 4 is 5.91 Å². The summed E-state index contributed by atoms with van der Waals surface area (Å²) in [4.78, 5) is 15.4. The van der Waals surface area contributed by atoms with Gasteiger partial charge in [0.2, 0.25) is 0 Å². The van der Waals surface area contributed by atoms with E-state index >= 15 is 0 Å². The Morgan fingerprint density at radius 3 is 2.85 bits per heavy atom. The summed E-state index contributed by atoms with van der Waals surface area (Å²) < 4.78 is 7.90. The number of carbonyl (C=O) groups excluding carboxylic acids is 1. The molecule has 138 valence electrons. The summed E-state index contributed by atoms with van der Waals surface area (Å²) in [6, 6.07) is 10.5. The van der Waals surface area contributed by atoms with Crippen LogP contribution in [0.15, 0.2) is 36.5 Å². The maximum absolute atomic E-state index is 13.3. The Morgan fingerprint density at radius 1 is 1.23 bits per heavy atom. The van der Waals surface area contributed by atoms with Crippen LogP contribution in [-0.4, -0.2) is 45.9 Å². The second kappa shape index (κ2) is 7.62. The van der Waals surface area contributed by atoms with E-state index in [-0.39, 0.29) is 18.1 Å². The van der Waals surface area contributed by atoms with Gasteiger partial charge in [-0.25, -0.2) is 0 Å². The Bertz CT molecular complexity index is 754. The van der Waals surface area contributed by atoms with E-state index in [0.717, 1.165) is 30.5 Å². The first-order chi connectivity index (χ1) is 12.8. The highest BCUT2D eigenvalue weighted by Crippen LogP contribution is 2.30. The Labute approximate surface area is 154 Å². The van der Waals surface area contributed by atoms with Crippen LogP contribution in [0.1, 0.15) is 54.2 Å². The lowest BCUT2D eigenvalue weighted by Gasteiger charge is -2.43. The van der Waals surface area contributed by atoms with Crippen LogP contribution < -0.4 is 0 Å². The molecule has 2 atom stereocenters. The van der Waals surface area contributed by atoms with Gasteiger partial charge in [0.05, 0.1) is 42.8 Å². The van der Waals surface area contributed by atoms with Gasteiger partial charge in [0.1, 0.15) is 0 Å². The minimum Gasteiger partial charge on any atom is -0.374 e. The van der Waals surface area contributed by atoms with Crippen LogP contribution in [0.4, 0.5) is 0 Å². The van der Waals surface area contributed by atoms with Gasteiger partial charge in [0, 0.05) is 6.54 Å². The summed E-state index contributed by atoms with van der Waals surface area (Å²) in [6.45, 7) is 4.13. The molecule has 5 nitrogen and oxygen atoms in total. The first-order valence-corrected chi connectivity index (χ1v) is 9.79. The van der Waals surface area contributed by atoms with Crippen molar-refractivity contribution < 1.29 is 9.53 Å². The predicted octanol–water partition coefficient (Wildman–Crippen LogP) is 3.28. The molecule has 0 N–H and O–H groups in total. The van der Waals surface area contributed by atoms with Crippen LogP contribution in [0, 0.1) is 0 Å². The van der Waals surface area contributed by atoms with E-state index in [4.69, 9.17) is 4.74 Å². The van der Waals surface area contributed by atoms with E-state index in [1.807, 2.05) is 22.9 Å². The number of aromatic nitrogens is 2. The number of ether oxygens (including phenoxy) is 1. The van der Waals surface area contributed by atoms with Gasteiger partial charge in [-0.05, 0) is 24.8 Å². The fraction of sp³-hybridized carbons (Fsp3) is 0.524. The molecule has 1 aliphatic carbocycles. The number of rotatable bonds is 4. The molecular formula is C21H27N3O2. The minimum absolute atomic E-state index is 0.126. The summed E-state index contributed by atoms with van der Waals surface area (Å²) in [5.41, 5.74) is 2.98. The molecule has 2 heterocycles. The van der Waals surface area contributed by atoms with E-state index in [9.17, 15) is 4.79 Å². The summed E-state index contributed by atoms with van der Waals surface area (Å²) in [5, 5.41) is 4.54. The second-order valence-electron chi connectivity index (χ2n) is 7.26. The van der Waals surface area contributed by atoms with Gasteiger partial charge in [-0.15, -0.1) is 0 Å². The van der Waals surface area contributed by atoms with E-state index in [1.165, 1.54) is 18.4 Å². The largest absolute Gasteiger partial charge is 0.374 e. The van der Waals surface area contributed by atoms with Crippen LogP contribution in [-0.2, 0) is 17.7 Å². The highest BCUT2D eigenvalue weighted by atomic mass is 16.5. The molecule has 2 aliphatic rings. The molecule has 0 radical (unpaired) electrons. The fourth-order valence-corrected chi connectivity index (χ4v) is 4.36. The van der Waals surface area contributed by atoms with Gasteiger partial charge >= 0.3 is 0 Å². The molecule has 0 bridgehead atoms. The predicted molar refractivity (Wildman–Crippen MR) is 100 cm³/mol. The average Bonchev–Trinajstić information content (AvgIpc) is 3.10. The minimum atomic E-state index is 0.126. The van der Waals surface area contributed by atoms with Gasteiger partial charge < -0.3 is 9.64 Å². The molecule has 5 heteroatoms. The van der Waals surface area contributed by atoms with Crippen LogP contribution in [0.25, 0.3) is 0 Å². The van der Waals surface area contributed by atoms with E-state index < -0.39 is 0 Å². The lowest BCUT2D eigenvalue weighted by atomic mass is 9.89. The highest BCUT2D eigenvalue weighted by Gasteiger charge is 2.37. The van der Waals surface area contributed by atoms with Crippen molar-refractivity contribution in [3.63, 3.8) is 0 Å². The lowest BCUT2D eigenvalue weighted by molar-refractivity contribution is -0.0753. The molecule has 26 heavy (non-hydrogen) atoms. The van der Waals surface area contributed by atoms with Crippen molar-refractivity contribution in [3.8, 4) is 0 Å². The van der Waals surface area contributed by atoms with Crippen molar-refractivity contribution in [2.24, 2.45) is 0 Å². The van der Waals surface area contributed by atoms with Gasteiger partial charge in [-0.1, -0.05) is 50.1 Å². The number of hydrogen-bond acceptors (Lipinski definition) is 3. The lowest BCUT2D eigenvalue weighted by Crippen LogP contribution is -2.54. The second-order valence-corrected chi connectivity index (χ2v) is 7.26. The first kappa shape index (κ1) is 17.3. The topological polar surface area (TPSA) is 47.4 Å². The van der Waals surface area contributed by atoms with Gasteiger partial charge in [-0.3, -0.25) is 9.48 Å². The summed E-state index contributed by atoms with van der Waals surface area (Å²) >= 11 is 0. The number of fused-ring (bicyclic) bond motifs is 1. The Balaban J connectivity index is 1.58. The summed E-state index contributed by atoms with van der Waals surface area (Å²) in [5.74, 6) is 0.126. The molecule has 2 fully saturated rings. The Hall–Kier alpha value is -2.14. The zero-order chi connectivity index (χ0) is 17.9. The van der Waals surface area contributed by atoms with Crippen molar-refractivity contribution in [2.45, 2.75) is 57.7 Å². The third-order valence-electron chi connectivity index (χ3n) is 5.68. The Morgan fingerprint density at radius 2 is 2.04 bits per heavy atom. The number of amides is 1. The fourth-order valence-electron chi connectivity index (χ4n) is 4.36. The van der Waals surface area contributed by atoms with Crippen molar-refractivity contribution in [1.29, 1.82) is 0 Å². The van der Waals surface area contributed by atoms with Gasteiger partial charge in [-0.2, -0.15) is 5.10 Å². The molecule has 1 aromatic carbocycles. The monoisotopic (exact) mass is 353 g/mol. The van der Waals surface area contributed by atoms with Crippen LogP contribution in [0.5, 0.6) is 0 Å². The van der Waals surface area contributed by atoms with Crippen molar-refractivity contribution in [1.82, 2.24) is 14.7 Å². The average molecular weight is 353 g/mol. The summed E-state index contributed by atoms with van der Waals surface area (Å²) in [7, 11) is 0. The van der Waals surface area contributed by atoms with E-state index in [1.54, 1.807) is 6.20 Å². The molecule has 1 saturated heterocycles. The number of carbonyl (C=O) groups is 1. The standard InChI is InChI=1S/C21H27N3O2/c1-2-18-17(14-22-24(18)15-16-8-4-3-5-9-16)21(25)23-12-13-26-20-11-7-6-10-19(20)23/h3-5,8-9,14,19-20H,2,6-7,10-13,15H2,1H3. The third kappa shape index (κ3) is 3.28. The quantitative estimate of drug-likeness (QED) is 0.847. The molecular weight excluding hydrogens is 326 g/mol. The third-order valence-corrected chi connectivity index (χ3v) is 5.68. The maximum atomic E-state index is 13.3. The number of hydrogen-bond donors (Lipinski definition) is 0. The molecule has 0 spiro atoms. The maximum Gasteiger partial charge on any atom is 0.257 e. The normalized spacial score (nSPS) is 22.9. The summed E-state index contributed by atoms with van der Waals surface area (Å²) in [6.07, 6.45) is 7.29. The number of morpholine rings is 1. The first-order valence-electron chi connectivity index (χ1n) is 9.79.